The van der Waals surface area contributed by atoms with E-state index < -0.39 is 17.2 Å². The number of rotatable bonds is 3. The Labute approximate surface area is 117 Å². The number of hydrogen-bond donors (Lipinski definition) is 2. The van der Waals surface area contributed by atoms with Crippen LogP contribution >= 0.6 is 0 Å². The van der Waals surface area contributed by atoms with Crippen LogP contribution in [0.5, 0.6) is 0 Å². The van der Waals surface area contributed by atoms with Crippen LogP contribution in [0, 0.1) is 22.6 Å². The molecule has 0 spiro atoms. The van der Waals surface area contributed by atoms with Crippen molar-refractivity contribution in [3.8, 4) is 6.07 Å². The molecule has 1 aliphatic rings. The number of carboxylic acid groups (broad SMARTS) is 1. The van der Waals surface area contributed by atoms with Crippen molar-refractivity contribution < 1.29 is 14.3 Å². The van der Waals surface area contributed by atoms with Gasteiger partial charge in [0.2, 0.25) is 0 Å². The lowest BCUT2D eigenvalue weighted by Crippen LogP contribution is -2.46. The van der Waals surface area contributed by atoms with Gasteiger partial charge < -0.3 is 10.4 Å². The lowest BCUT2D eigenvalue weighted by atomic mass is 9.71. The van der Waals surface area contributed by atoms with Gasteiger partial charge in [-0.3, -0.25) is 4.79 Å². The molecule has 0 amide bonds. The molecule has 1 saturated carbocycles. The molecule has 0 aromatic heterocycles. The highest BCUT2D eigenvalue weighted by molar-refractivity contribution is 5.76. The molecule has 2 N–H and O–H groups in total. The molecule has 2 unspecified atom stereocenters. The van der Waals surface area contributed by atoms with Crippen LogP contribution in [-0.2, 0) is 4.79 Å². The Morgan fingerprint density at radius 2 is 2.30 bits per heavy atom. The van der Waals surface area contributed by atoms with E-state index in [1.54, 1.807) is 13.0 Å². The SMILES string of the molecule is CC1(C(=O)O)CCCCC1Nc1cccc(F)c1C#N. The maximum atomic E-state index is 13.6. The third-order valence-electron chi connectivity index (χ3n) is 4.15. The normalized spacial score (nSPS) is 25.8. The highest BCUT2D eigenvalue weighted by Crippen LogP contribution is 2.38. The molecule has 0 heterocycles. The zero-order valence-corrected chi connectivity index (χ0v) is 11.3. The molecule has 1 fully saturated rings. The molecule has 0 radical (unpaired) electrons. The van der Waals surface area contributed by atoms with Gasteiger partial charge in [0.25, 0.3) is 0 Å². The van der Waals surface area contributed by atoms with Gasteiger partial charge in [-0.15, -0.1) is 0 Å². The van der Waals surface area contributed by atoms with Gasteiger partial charge in [-0.1, -0.05) is 18.9 Å². The zero-order chi connectivity index (χ0) is 14.8. The number of halogens is 1. The number of nitrogens with zero attached hydrogens (tertiary/aromatic N) is 1. The first-order valence-electron chi connectivity index (χ1n) is 6.67. The molecule has 20 heavy (non-hydrogen) atoms. The van der Waals surface area contributed by atoms with Gasteiger partial charge >= 0.3 is 5.97 Å². The largest absolute Gasteiger partial charge is 0.481 e. The maximum Gasteiger partial charge on any atom is 0.311 e. The fourth-order valence-corrected chi connectivity index (χ4v) is 2.77. The molecule has 1 aliphatic carbocycles. The second-order valence-corrected chi connectivity index (χ2v) is 5.44. The van der Waals surface area contributed by atoms with E-state index in [9.17, 15) is 14.3 Å². The average molecular weight is 276 g/mol. The molecule has 1 aromatic carbocycles. The number of nitrogens with one attached hydrogen (secondary N) is 1. The Morgan fingerprint density at radius 3 is 2.95 bits per heavy atom. The Kier molecular flexibility index (Phi) is 3.93. The number of anilines is 1. The van der Waals surface area contributed by atoms with Crippen molar-refractivity contribution in [2.75, 3.05) is 5.32 Å². The Morgan fingerprint density at radius 1 is 1.55 bits per heavy atom. The van der Waals surface area contributed by atoms with E-state index in [4.69, 9.17) is 5.26 Å². The predicted molar refractivity (Wildman–Crippen MR) is 72.7 cm³/mol. The monoisotopic (exact) mass is 276 g/mol. The van der Waals surface area contributed by atoms with Crippen LogP contribution in [0.4, 0.5) is 10.1 Å². The Bertz CT molecular complexity index is 567. The van der Waals surface area contributed by atoms with Gasteiger partial charge in [-0.2, -0.15) is 5.26 Å². The summed E-state index contributed by atoms with van der Waals surface area (Å²) in [5, 5.41) is 21.5. The summed E-state index contributed by atoms with van der Waals surface area (Å²) in [6.45, 7) is 1.71. The van der Waals surface area contributed by atoms with Crippen molar-refractivity contribution in [2.24, 2.45) is 5.41 Å². The second kappa shape index (κ2) is 5.49. The van der Waals surface area contributed by atoms with Crippen molar-refractivity contribution in [3.05, 3.63) is 29.6 Å². The molecule has 106 valence electrons. The number of benzene rings is 1. The molecule has 2 atom stereocenters. The van der Waals surface area contributed by atoms with Crippen molar-refractivity contribution in [3.63, 3.8) is 0 Å². The number of nitriles is 1. The molecule has 1 aromatic rings. The second-order valence-electron chi connectivity index (χ2n) is 5.44. The van der Waals surface area contributed by atoms with Crippen LogP contribution in [0.1, 0.15) is 38.2 Å². The summed E-state index contributed by atoms with van der Waals surface area (Å²) in [5.41, 5.74) is -0.588. The average Bonchev–Trinajstić information content (AvgIpc) is 2.41. The molecule has 0 bridgehead atoms. The number of carboxylic acids is 1. The fraction of sp³-hybridized carbons (Fsp3) is 0.467. The lowest BCUT2D eigenvalue weighted by Gasteiger charge is -2.39. The quantitative estimate of drug-likeness (QED) is 0.889. The molecule has 4 nitrogen and oxygen atoms in total. The van der Waals surface area contributed by atoms with Crippen LogP contribution < -0.4 is 5.32 Å². The van der Waals surface area contributed by atoms with E-state index in [2.05, 4.69) is 5.32 Å². The maximum absolute atomic E-state index is 13.6. The lowest BCUT2D eigenvalue weighted by molar-refractivity contribution is -0.150. The van der Waals surface area contributed by atoms with Crippen LogP contribution in [0.25, 0.3) is 0 Å². The summed E-state index contributed by atoms with van der Waals surface area (Å²) in [5.74, 6) is -1.45. The van der Waals surface area contributed by atoms with Gasteiger partial charge in [0, 0.05) is 6.04 Å². The highest BCUT2D eigenvalue weighted by atomic mass is 19.1. The van der Waals surface area contributed by atoms with Gasteiger partial charge in [-0.25, -0.2) is 4.39 Å². The number of hydrogen-bond acceptors (Lipinski definition) is 3. The van der Waals surface area contributed by atoms with Crippen molar-refractivity contribution in [2.45, 2.75) is 38.6 Å². The van der Waals surface area contributed by atoms with Gasteiger partial charge in [0.15, 0.2) is 0 Å². The molecule has 2 rings (SSSR count). The summed E-state index contributed by atoms with van der Waals surface area (Å²) in [4.78, 5) is 11.5. The minimum Gasteiger partial charge on any atom is -0.481 e. The first-order valence-corrected chi connectivity index (χ1v) is 6.67. The fourth-order valence-electron chi connectivity index (χ4n) is 2.77. The van der Waals surface area contributed by atoms with E-state index in [1.165, 1.54) is 12.1 Å². The van der Waals surface area contributed by atoms with Gasteiger partial charge in [-0.05, 0) is 31.9 Å². The summed E-state index contributed by atoms with van der Waals surface area (Å²) >= 11 is 0. The van der Waals surface area contributed by atoms with Crippen molar-refractivity contribution in [1.82, 2.24) is 0 Å². The third-order valence-corrected chi connectivity index (χ3v) is 4.15. The van der Waals surface area contributed by atoms with Crippen LogP contribution in [0.15, 0.2) is 18.2 Å². The van der Waals surface area contributed by atoms with Crippen LogP contribution in [-0.4, -0.2) is 17.1 Å². The van der Waals surface area contributed by atoms with E-state index in [-0.39, 0.29) is 11.6 Å². The van der Waals surface area contributed by atoms with Crippen molar-refractivity contribution in [1.29, 1.82) is 5.26 Å². The first kappa shape index (κ1) is 14.3. The van der Waals surface area contributed by atoms with Crippen molar-refractivity contribution >= 4 is 11.7 Å². The summed E-state index contributed by atoms with van der Waals surface area (Å²) < 4.78 is 13.6. The summed E-state index contributed by atoms with van der Waals surface area (Å²) in [7, 11) is 0. The van der Waals surface area contributed by atoms with E-state index in [1.807, 2.05) is 6.07 Å². The smallest absolute Gasteiger partial charge is 0.311 e. The minimum absolute atomic E-state index is 0.0641. The zero-order valence-electron chi connectivity index (χ0n) is 11.3. The molecular formula is C15H17FN2O2. The van der Waals surface area contributed by atoms with Gasteiger partial charge in [0.1, 0.15) is 17.4 Å². The van der Waals surface area contributed by atoms with E-state index in [0.717, 1.165) is 12.8 Å². The first-order chi connectivity index (χ1) is 9.49. The predicted octanol–water partition coefficient (Wildman–Crippen LogP) is 3.14. The summed E-state index contributed by atoms with van der Waals surface area (Å²) in [6, 6.07) is 5.87. The minimum atomic E-state index is -0.892. The number of carbonyl (C=O) groups is 1. The Balaban J connectivity index is 2.31. The van der Waals surface area contributed by atoms with Crippen LogP contribution in [0.3, 0.4) is 0 Å². The molecule has 5 heteroatoms. The standard InChI is InChI=1S/C15H17FN2O2/c1-15(14(19)20)8-3-2-7-13(15)18-12-6-4-5-11(16)10(12)9-17/h4-6,13,18H,2-3,7-8H2,1H3,(H,19,20). The summed E-state index contributed by atoms with van der Waals surface area (Å²) in [6.07, 6.45) is 3.08. The topological polar surface area (TPSA) is 73.1 Å². The highest BCUT2D eigenvalue weighted by Gasteiger charge is 2.43. The molecular weight excluding hydrogens is 259 g/mol. The van der Waals surface area contributed by atoms with E-state index >= 15 is 0 Å². The Hall–Kier alpha value is -2.09. The number of aliphatic carboxylic acids is 1. The molecule has 0 saturated heterocycles. The third kappa shape index (κ3) is 2.46. The molecule has 0 aliphatic heterocycles. The van der Waals surface area contributed by atoms with Gasteiger partial charge in [0.05, 0.1) is 11.1 Å². The van der Waals surface area contributed by atoms with E-state index in [0.29, 0.717) is 18.5 Å². The van der Waals surface area contributed by atoms with Crippen LogP contribution in [0.2, 0.25) is 0 Å².